The van der Waals surface area contributed by atoms with Crippen LogP contribution in [0.4, 0.5) is 0 Å². The summed E-state index contributed by atoms with van der Waals surface area (Å²) in [6.45, 7) is 0. The summed E-state index contributed by atoms with van der Waals surface area (Å²) in [5, 5.41) is -0.143. The van der Waals surface area contributed by atoms with Crippen molar-refractivity contribution in [1.82, 2.24) is 13.9 Å². The molecule has 2 heterocycles. The molecular formula is C18H19N3O2S. The number of imidazole rings is 1. The normalized spacial score (nSPS) is 18.8. The lowest BCUT2D eigenvalue weighted by molar-refractivity contribution is 0.408. The van der Waals surface area contributed by atoms with Gasteiger partial charge >= 0.3 is 0 Å². The van der Waals surface area contributed by atoms with Gasteiger partial charge in [-0.3, -0.25) is 4.98 Å². The van der Waals surface area contributed by atoms with Gasteiger partial charge in [-0.25, -0.2) is 13.2 Å². The predicted molar refractivity (Wildman–Crippen MR) is 94.4 cm³/mol. The van der Waals surface area contributed by atoms with Gasteiger partial charge in [0.25, 0.3) is 0 Å². The second-order valence-corrected chi connectivity index (χ2v) is 7.46. The number of para-hydroxylation sites is 2. The van der Waals surface area contributed by atoms with Crippen LogP contribution in [0.5, 0.6) is 5.75 Å². The maximum Gasteiger partial charge on any atom is 0.134 e. The van der Waals surface area contributed by atoms with Crippen molar-refractivity contribution in [2.45, 2.75) is 30.9 Å². The molecule has 0 fully saturated rings. The van der Waals surface area contributed by atoms with Gasteiger partial charge in [-0.2, -0.15) is 0 Å². The van der Waals surface area contributed by atoms with E-state index in [1.54, 1.807) is 23.6 Å². The maximum atomic E-state index is 13.3. The van der Waals surface area contributed by atoms with E-state index in [0.29, 0.717) is 0 Å². The summed E-state index contributed by atoms with van der Waals surface area (Å²) in [7, 11) is 0.417. The Kier molecular flexibility index (Phi) is 4.06. The van der Waals surface area contributed by atoms with Gasteiger partial charge in [-0.15, -0.1) is 0 Å². The minimum absolute atomic E-state index is 0.143. The van der Waals surface area contributed by atoms with E-state index in [2.05, 4.69) is 9.97 Å². The second kappa shape index (κ2) is 6.36. The Hall–Kier alpha value is -2.21. The first-order valence-electron chi connectivity index (χ1n) is 8.14. The fraction of sp³-hybridized carbons (Fsp3) is 0.333. The van der Waals surface area contributed by atoms with Gasteiger partial charge in [0.1, 0.15) is 23.1 Å². The highest BCUT2D eigenvalue weighted by Crippen LogP contribution is 2.36. The number of methoxy groups -OCH3 is 1. The number of pyridine rings is 1. The van der Waals surface area contributed by atoms with Gasteiger partial charge in [-0.1, -0.05) is 18.6 Å². The summed E-state index contributed by atoms with van der Waals surface area (Å²) in [5.41, 5.74) is 3.76. The number of hydrogen-bond donors (Lipinski definition) is 0. The molecule has 0 spiro atoms. The summed E-state index contributed by atoms with van der Waals surface area (Å²) in [4.78, 5) is 8.95. The molecule has 2 aromatic heterocycles. The van der Waals surface area contributed by atoms with Crippen molar-refractivity contribution in [3.8, 4) is 5.75 Å². The van der Waals surface area contributed by atoms with Crippen molar-refractivity contribution in [2.75, 3.05) is 7.11 Å². The minimum atomic E-state index is -1.26. The highest BCUT2D eigenvalue weighted by atomic mass is 32.2. The molecule has 6 heteroatoms. The van der Waals surface area contributed by atoms with E-state index in [-0.39, 0.29) is 5.25 Å². The maximum absolute atomic E-state index is 13.3. The first-order chi connectivity index (χ1) is 11.8. The lowest BCUT2D eigenvalue weighted by Crippen LogP contribution is -2.16. The van der Waals surface area contributed by atoms with E-state index in [1.165, 1.54) is 0 Å². The van der Waals surface area contributed by atoms with Gasteiger partial charge in [0.05, 0.1) is 29.1 Å². The smallest absolute Gasteiger partial charge is 0.134 e. The number of rotatable bonds is 3. The molecule has 24 heavy (non-hydrogen) atoms. The van der Waals surface area contributed by atoms with Crippen molar-refractivity contribution in [1.29, 1.82) is 0 Å². The number of hydrogen-bond acceptors (Lipinski definition) is 4. The number of benzene rings is 1. The van der Waals surface area contributed by atoms with Crippen LogP contribution in [0.3, 0.4) is 0 Å². The largest absolute Gasteiger partial charge is 0.496 e. The minimum Gasteiger partial charge on any atom is -0.496 e. The average Bonchev–Trinajstić information content (AvgIpc) is 2.93. The molecule has 0 aliphatic heterocycles. The summed E-state index contributed by atoms with van der Waals surface area (Å²) in [6.07, 6.45) is 7.29. The Bertz CT molecular complexity index is 906. The molecule has 5 nitrogen and oxygen atoms in total. The van der Waals surface area contributed by atoms with Crippen LogP contribution in [0.15, 0.2) is 42.9 Å². The molecule has 0 saturated heterocycles. The molecule has 0 bridgehead atoms. The van der Waals surface area contributed by atoms with Gasteiger partial charge in [-0.05, 0) is 37.5 Å². The van der Waals surface area contributed by atoms with Gasteiger partial charge in [0, 0.05) is 11.8 Å². The fourth-order valence-corrected chi connectivity index (χ4v) is 4.92. The molecule has 1 aliphatic rings. The third kappa shape index (κ3) is 2.51. The van der Waals surface area contributed by atoms with Crippen LogP contribution in [0.25, 0.3) is 11.0 Å². The SMILES string of the molecule is COc1ccnc2c1CCCCC2S(=O)n1cnc2ccccc21. The topological polar surface area (TPSA) is 57.0 Å². The molecule has 2 unspecified atom stereocenters. The monoisotopic (exact) mass is 341 g/mol. The number of aromatic nitrogens is 3. The summed E-state index contributed by atoms with van der Waals surface area (Å²) in [6, 6.07) is 9.66. The van der Waals surface area contributed by atoms with Crippen LogP contribution < -0.4 is 4.74 Å². The first-order valence-corrected chi connectivity index (χ1v) is 9.31. The van der Waals surface area contributed by atoms with Crippen LogP contribution in [0, 0.1) is 0 Å². The quantitative estimate of drug-likeness (QED) is 0.685. The standard InChI is InChI=1S/C18H19N3O2S/c1-23-16-10-11-19-18-13(16)6-2-5-9-17(18)24(22)21-12-20-14-7-3-4-8-15(14)21/h3-4,7-8,10-12,17H,2,5-6,9H2,1H3. The Morgan fingerprint density at radius 2 is 2.08 bits per heavy atom. The molecule has 4 rings (SSSR count). The van der Waals surface area contributed by atoms with Crippen molar-refractivity contribution in [2.24, 2.45) is 0 Å². The zero-order valence-electron chi connectivity index (χ0n) is 13.5. The van der Waals surface area contributed by atoms with E-state index in [9.17, 15) is 4.21 Å². The van der Waals surface area contributed by atoms with Gasteiger partial charge in [0.15, 0.2) is 0 Å². The zero-order chi connectivity index (χ0) is 16.5. The zero-order valence-corrected chi connectivity index (χ0v) is 14.3. The Morgan fingerprint density at radius 1 is 1.21 bits per heavy atom. The lowest BCUT2D eigenvalue weighted by Gasteiger charge is -2.18. The van der Waals surface area contributed by atoms with Gasteiger partial charge in [0.2, 0.25) is 0 Å². The summed E-state index contributed by atoms with van der Waals surface area (Å²) < 4.78 is 20.6. The summed E-state index contributed by atoms with van der Waals surface area (Å²) >= 11 is 0. The molecule has 2 atom stereocenters. The van der Waals surface area contributed by atoms with Crippen molar-refractivity contribution in [3.63, 3.8) is 0 Å². The van der Waals surface area contributed by atoms with Crippen molar-refractivity contribution in [3.05, 3.63) is 54.1 Å². The highest BCUT2D eigenvalue weighted by Gasteiger charge is 2.29. The van der Waals surface area contributed by atoms with Crippen LogP contribution >= 0.6 is 0 Å². The molecule has 1 aromatic carbocycles. The lowest BCUT2D eigenvalue weighted by atomic mass is 10.1. The van der Waals surface area contributed by atoms with Crippen LogP contribution in [-0.4, -0.2) is 25.3 Å². The molecule has 0 saturated carbocycles. The average molecular weight is 341 g/mol. The molecule has 0 radical (unpaired) electrons. The van der Waals surface area contributed by atoms with E-state index < -0.39 is 11.0 Å². The van der Waals surface area contributed by atoms with E-state index in [4.69, 9.17) is 4.74 Å². The fourth-order valence-electron chi connectivity index (χ4n) is 3.39. The third-order valence-corrected chi connectivity index (χ3v) is 6.20. The van der Waals surface area contributed by atoms with E-state index >= 15 is 0 Å². The Morgan fingerprint density at radius 3 is 2.96 bits per heavy atom. The van der Waals surface area contributed by atoms with Crippen molar-refractivity contribution < 1.29 is 8.95 Å². The summed E-state index contributed by atoms with van der Waals surface area (Å²) in [5.74, 6) is 0.847. The predicted octanol–water partition coefficient (Wildman–Crippen LogP) is 3.42. The van der Waals surface area contributed by atoms with Crippen LogP contribution in [0.2, 0.25) is 0 Å². The van der Waals surface area contributed by atoms with Crippen LogP contribution in [-0.2, 0) is 17.4 Å². The van der Waals surface area contributed by atoms with E-state index in [0.717, 1.165) is 53.7 Å². The molecule has 3 aromatic rings. The van der Waals surface area contributed by atoms with Gasteiger partial charge < -0.3 is 4.74 Å². The highest BCUT2D eigenvalue weighted by molar-refractivity contribution is 7.83. The molecule has 1 aliphatic carbocycles. The molecule has 0 amide bonds. The van der Waals surface area contributed by atoms with Crippen molar-refractivity contribution >= 4 is 22.0 Å². The van der Waals surface area contributed by atoms with E-state index in [1.807, 2.05) is 30.3 Å². The second-order valence-electron chi connectivity index (χ2n) is 5.95. The third-order valence-electron chi connectivity index (χ3n) is 4.57. The molecule has 124 valence electrons. The van der Waals surface area contributed by atoms with Crippen LogP contribution in [0.1, 0.15) is 35.8 Å². The molecular weight excluding hydrogens is 322 g/mol. The Balaban J connectivity index is 1.81. The molecule has 0 N–H and O–H groups in total. The number of fused-ring (bicyclic) bond motifs is 2. The Labute approximate surface area is 143 Å². The number of ether oxygens (including phenoxy) is 1. The number of nitrogens with zero attached hydrogens (tertiary/aromatic N) is 3. The first kappa shape index (κ1) is 15.3.